The van der Waals surface area contributed by atoms with Crippen LogP contribution in [0.5, 0.6) is 0 Å². The first-order valence-corrected chi connectivity index (χ1v) is 8.03. The van der Waals surface area contributed by atoms with Crippen LogP contribution in [0.4, 0.5) is 0 Å². The highest BCUT2D eigenvalue weighted by Gasteiger charge is 2.19. The number of benzene rings is 1. The summed E-state index contributed by atoms with van der Waals surface area (Å²) in [6, 6.07) is 2.98. The molecule has 0 saturated carbocycles. The second-order valence-corrected chi connectivity index (χ2v) is 6.44. The number of rotatable bonds is 7. The highest BCUT2D eigenvalue weighted by atomic mass is 79.9. The monoisotopic (exact) mass is 375 g/mol. The van der Waals surface area contributed by atoms with Gasteiger partial charge in [0.2, 0.25) is 5.91 Å². The Labute approximate surface area is 136 Å². The summed E-state index contributed by atoms with van der Waals surface area (Å²) in [5, 5.41) is 11.4. The van der Waals surface area contributed by atoms with Gasteiger partial charge in [-0.05, 0) is 37.1 Å². The predicted molar refractivity (Wildman–Crippen MR) is 85.8 cm³/mol. The van der Waals surface area contributed by atoms with Crippen molar-refractivity contribution in [3.63, 3.8) is 0 Å². The van der Waals surface area contributed by atoms with Crippen molar-refractivity contribution in [2.45, 2.75) is 24.8 Å². The number of amides is 1. The molecule has 0 saturated heterocycles. The summed E-state index contributed by atoms with van der Waals surface area (Å²) in [5.74, 6) is -1.27. The molecular weight excluding hydrogens is 358 g/mol. The van der Waals surface area contributed by atoms with Gasteiger partial charge in [-0.1, -0.05) is 15.9 Å². The second-order valence-electron chi connectivity index (χ2n) is 4.57. The predicted octanol–water partition coefficient (Wildman–Crippen LogP) is 2.37. The van der Waals surface area contributed by atoms with Crippen LogP contribution in [0.2, 0.25) is 0 Å². The average molecular weight is 376 g/mol. The maximum Gasteiger partial charge on any atom is 0.328 e. The lowest BCUT2D eigenvalue weighted by atomic mass is 10.2. The second kappa shape index (κ2) is 8.41. The van der Waals surface area contributed by atoms with Crippen molar-refractivity contribution in [3.8, 4) is 0 Å². The number of nitrogens with one attached hydrogen (secondary N) is 1. The minimum Gasteiger partial charge on any atom is -0.480 e. The van der Waals surface area contributed by atoms with Crippen molar-refractivity contribution in [2.24, 2.45) is 0 Å². The molecule has 0 aromatic heterocycles. The number of methoxy groups -OCH3 is 1. The van der Waals surface area contributed by atoms with Crippen LogP contribution in [0.3, 0.4) is 0 Å². The number of carbonyl (C=O) groups is 2. The van der Waals surface area contributed by atoms with Gasteiger partial charge in [-0.25, -0.2) is 4.79 Å². The fourth-order valence-corrected chi connectivity index (χ4v) is 3.01. The van der Waals surface area contributed by atoms with Crippen molar-refractivity contribution in [2.75, 3.05) is 19.5 Å². The molecule has 0 aliphatic carbocycles. The highest BCUT2D eigenvalue weighted by Crippen LogP contribution is 2.28. The van der Waals surface area contributed by atoms with Crippen LogP contribution in [0, 0.1) is 13.8 Å². The van der Waals surface area contributed by atoms with Gasteiger partial charge in [0.25, 0.3) is 0 Å². The van der Waals surface area contributed by atoms with Crippen molar-refractivity contribution in [3.05, 3.63) is 27.7 Å². The number of halogens is 1. The first-order chi connectivity index (χ1) is 9.85. The molecule has 2 N–H and O–H groups in total. The van der Waals surface area contributed by atoms with Crippen LogP contribution in [0.25, 0.3) is 0 Å². The molecule has 1 amide bonds. The quantitative estimate of drug-likeness (QED) is 0.715. The average Bonchev–Trinajstić information content (AvgIpc) is 2.40. The number of carboxylic acids is 1. The molecule has 0 fully saturated rings. The van der Waals surface area contributed by atoms with E-state index in [4.69, 9.17) is 9.84 Å². The molecule has 1 unspecified atom stereocenters. The van der Waals surface area contributed by atoms with Crippen LogP contribution in [0.1, 0.15) is 11.1 Å². The molecule has 1 aromatic carbocycles. The van der Waals surface area contributed by atoms with E-state index >= 15 is 0 Å². The van der Waals surface area contributed by atoms with E-state index in [-0.39, 0.29) is 18.3 Å². The van der Waals surface area contributed by atoms with Crippen LogP contribution in [0.15, 0.2) is 21.5 Å². The summed E-state index contributed by atoms with van der Waals surface area (Å²) in [6.07, 6.45) is 0. The molecule has 0 aliphatic rings. The number of ether oxygens (including phenoxy) is 1. The van der Waals surface area contributed by atoms with Gasteiger partial charge in [-0.2, -0.15) is 0 Å². The van der Waals surface area contributed by atoms with Gasteiger partial charge in [0.05, 0.1) is 12.4 Å². The summed E-state index contributed by atoms with van der Waals surface area (Å²) in [7, 11) is 1.39. The van der Waals surface area contributed by atoms with Gasteiger partial charge in [-0.15, -0.1) is 11.8 Å². The van der Waals surface area contributed by atoms with Gasteiger partial charge < -0.3 is 15.2 Å². The Kier molecular flexibility index (Phi) is 7.21. The molecule has 0 aliphatic heterocycles. The lowest BCUT2D eigenvalue weighted by Crippen LogP contribution is -2.44. The fourth-order valence-electron chi connectivity index (χ4n) is 1.63. The first-order valence-electron chi connectivity index (χ1n) is 6.25. The molecule has 116 valence electrons. The Morgan fingerprint density at radius 3 is 2.62 bits per heavy atom. The summed E-state index contributed by atoms with van der Waals surface area (Å²) in [4.78, 5) is 23.7. The molecule has 5 nitrogen and oxygen atoms in total. The molecular formula is C14H18BrNO4S. The van der Waals surface area contributed by atoms with Crippen molar-refractivity contribution in [1.29, 1.82) is 0 Å². The zero-order valence-electron chi connectivity index (χ0n) is 12.1. The maximum atomic E-state index is 11.8. The van der Waals surface area contributed by atoms with Crippen LogP contribution < -0.4 is 5.32 Å². The van der Waals surface area contributed by atoms with E-state index in [1.165, 1.54) is 18.9 Å². The molecule has 1 aromatic rings. The summed E-state index contributed by atoms with van der Waals surface area (Å²) in [5.41, 5.74) is 2.16. The number of aliphatic carboxylic acids is 1. The SMILES string of the molecule is COCC(NC(=O)CSc1cc(C)c(Br)cc1C)C(=O)O. The lowest BCUT2D eigenvalue weighted by Gasteiger charge is -2.14. The Morgan fingerprint density at radius 1 is 1.38 bits per heavy atom. The number of hydrogen-bond acceptors (Lipinski definition) is 4. The molecule has 0 bridgehead atoms. The molecule has 1 rings (SSSR count). The van der Waals surface area contributed by atoms with Gasteiger partial charge in [0.1, 0.15) is 0 Å². The number of hydrogen-bond donors (Lipinski definition) is 2. The van der Waals surface area contributed by atoms with Crippen molar-refractivity contribution >= 4 is 39.6 Å². The van der Waals surface area contributed by atoms with Crippen molar-refractivity contribution in [1.82, 2.24) is 5.32 Å². The van der Waals surface area contributed by atoms with E-state index in [1.807, 2.05) is 26.0 Å². The minimum atomic E-state index is -1.11. The van der Waals surface area contributed by atoms with Gasteiger partial charge in [0, 0.05) is 16.5 Å². The fraction of sp³-hybridized carbons (Fsp3) is 0.429. The smallest absolute Gasteiger partial charge is 0.328 e. The van der Waals surface area contributed by atoms with E-state index < -0.39 is 12.0 Å². The topological polar surface area (TPSA) is 75.6 Å². The molecule has 7 heteroatoms. The van der Waals surface area contributed by atoms with E-state index in [2.05, 4.69) is 21.2 Å². The van der Waals surface area contributed by atoms with E-state index in [0.717, 1.165) is 20.5 Å². The molecule has 0 heterocycles. The largest absolute Gasteiger partial charge is 0.480 e. The third-order valence-electron chi connectivity index (χ3n) is 2.78. The first kappa shape index (κ1) is 18.0. The number of thioether (sulfide) groups is 1. The third-order valence-corrected chi connectivity index (χ3v) is 4.79. The third kappa shape index (κ3) is 5.68. The normalized spacial score (nSPS) is 12.0. The van der Waals surface area contributed by atoms with Gasteiger partial charge >= 0.3 is 5.97 Å². The van der Waals surface area contributed by atoms with Crippen molar-refractivity contribution < 1.29 is 19.4 Å². The lowest BCUT2D eigenvalue weighted by molar-refractivity contribution is -0.142. The maximum absolute atomic E-state index is 11.8. The van der Waals surface area contributed by atoms with E-state index in [0.29, 0.717) is 0 Å². The summed E-state index contributed by atoms with van der Waals surface area (Å²) < 4.78 is 5.80. The Balaban J connectivity index is 2.60. The Morgan fingerprint density at radius 2 is 2.05 bits per heavy atom. The number of carboxylic acid groups (broad SMARTS) is 1. The van der Waals surface area contributed by atoms with Crippen LogP contribution in [-0.4, -0.2) is 42.5 Å². The molecule has 0 radical (unpaired) electrons. The Hall–Kier alpha value is -1.05. The number of carbonyl (C=O) groups excluding carboxylic acids is 1. The zero-order chi connectivity index (χ0) is 16.0. The summed E-state index contributed by atoms with van der Waals surface area (Å²) in [6.45, 7) is 3.89. The van der Waals surface area contributed by atoms with Crippen LogP contribution in [-0.2, 0) is 14.3 Å². The molecule has 0 spiro atoms. The minimum absolute atomic E-state index is 0.0534. The number of aryl methyl sites for hydroxylation is 2. The van der Waals surface area contributed by atoms with Crippen LogP contribution >= 0.6 is 27.7 Å². The van der Waals surface area contributed by atoms with Gasteiger partial charge in [0.15, 0.2) is 6.04 Å². The van der Waals surface area contributed by atoms with E-state index in [1.54, 1.807) is 0 Å². The Bertz CT molecular complexity index is 536. The molecule has 1 atom stereocenters. The highest BCUT2D eigenvalue weighted by molar-refractivity contribution is 9.10. The van der Waals surface area contributed by atoms with E-state index in [9.17, 15) is 9.59 Å². The zero-order valence-corrected chi connectivity index (χ0v) is 14.5. The standard InChI is InChI=1S/C14H18BrNO4S/c1-8-5-12(9(2)4-10(8)15)21-7-13(17)16-11(6-20-3)14(18)19/h4-5,11H,6-7H2,1-3H3,(H,16,17)(H,18,19). The molecule has 21 heavy (non-hydrogen) atoms. The van der Waals surface area contributed by atoms with Gasteiger partial charge in [-0.3, -0.25) is 4.79 Å². The summed E-state index contributed by atoms with van der Waals surface area (Å²) >= 11 is 4.84.